The highest BCUT2D eigenvalue weighted by Crippen LogP contribution is 2.29. The Hall–Kier alpha value is -1.13. The van der Waals surface area contributed by atoms with Gasteiger partial charge in [-0.3, -0.25) is 9.89 Å². The summed E-state index contributed by atoms with van der Waals surface area (Å²) in [5, 5.41) is 9.17. The van der Waals surface area contributed by atoms with Crippen molar-refractivity contribution in [2.24, 2.45) is 16.8 Å². The molecule has 0 aliphatic carbocycles. The smallest absolute Gasteiger partial charge is 0.191 e. The van der Waals surface area contributed by atoms with Gasteiger partial charge in [-0.15, -0.1) is 35.3 Å². The van der Waals surface area contributed by atoms with Crippen molar-refractivity contribution in [3.05, 3.63) is 40.6 Å². The van der Waals surface area contributed by atoms with Crippen LogP contribution in [0.15, 0.2) is 34.9 Å². The fraction of sp³-hybridized carbons (Fsp3) is 0.636. The SMILES string of the molecule is CN=C(NCc1nccn1CC(C)C)NCC(c1cccs1)N1CCC(C)CC1.I. The van der Waals surface area contributed by atoms with Gasteiger partial charge in [-0.1, -0.05) is 26.8 Å². The zero-order valence-electron chi connectivity index (χ0n) is 18.7. The summed E-state index contributed by atoms with van der Waals surface area (Å²) in [5.74, 6) is 3.31. The van der Waals surface area contributed by atoms with E-state index >= 15 is 0 Å². The third kappa shape index (κ3) is 7.23. The van der Waals surface area contributed by atoms with Gasteiger partial charge in [0.25, 0.3) is 0 Å². The number of imidazole rings is 1. The van der Waals surface area contributed by atoms with Crippen molar-refractivity contribution < 1.29 is 0 Å². The van der Waals surface area contributed by atoms with Crippen LogP contribution in [-0.4, -0.2) is 47.1 Å². The van der Waals surface area contributed by atoms with E-state index in [-0.39, 0.29) is 24.0 Å². The molecular formula is C22H37IN6S. The Kier molecular flexibility index (Phi) is 10.6. The van der Waals surface area contributed by atoms with E-state index < -0.39 is 0 Å². The van der Waals surface area contributed by atoms with E-state index in [0.717, 1.165) is 30.8 Å². The zero-order chi connectivity index (χ0) is 20.6. The van der Waals surface area contributed by atoms with Gasteiger partial charge in [0.05, 0.1) is 12.6 Å². The van der Waals surface area contributed by atoms with Crippen LogP contribution in [0.5, 0.6) is 0 Å². The minimum atomic E-state index is 0. The van der Waals surface area contributed by atoms with Crippen LogP contribution < -0.4 is 10.6 Å². The maximum absolute atomic E-state index is 4.50. The number of likely N-dealkylation sites (tertiary alicyclic amines) is 1. The molecule has 2 N–H and O–H groups in total. The summed E-state index contributed by atoms with van der Waals surface area (Å²) >= 11 is 1.85. The van der Waals surface area contributed by atoms with Crippen molar-refractivity contribution in [1.82, 2.24) is 25.1 Å². The molecule has 168 valence electrons. The summed E-state index contributed by atoms with van der Waals surface area (Å²) in [6, 6.07) is 4.80. The number of aliphatic imine (C=N–C) groups is 1. The largest absolute Gasteiger partial charge is 0.354 e. The van der Waals surface area contributed by atoms with Crippen LogP contribution in [0.3, 0.4) is 0 Å². The Morgan fingerprint density at radius 2 is 2.07 bits per heavy atom. The van der Waals surface area contributed by atoms with Crippen molar-refractivity contribution in [3.63, 3.8) is 0 Å². The van der Waals surface area contributed by atoms with Gasteiger partial charge in [-0.05, 0) is 49.2 Å². The average molecular weight is 545 g/mol. The zero-order valence-corrected chi connectivity index (χ0v) is 21.8. The van der Waals surface area contributed by atoms with Crippen LogP contribution in [0, 0.1) is 11.8 Å². The number of halogens is 1. The standard InChI is InChI=1S/C22H36N6S.HI/c1-17(2)16-28-12-9-24-21(28)15-26-22(23-4)25-14-19(20-6-5-13-29-20)27-10-7-18(3)8-11-27;/h5-6,9,12-13,17-19H,7-8,10-11,14-16H2,1-4H3,(H2,23,25,26);1H. The molecule has 1 aliphatic heterocycles. The molecule has 1 saturated heterocycles. The molecule has 2 aromatic rings. The molecule has 1 fully saturated rings. The normalized spacial score (nSPS) is 17.0. The van der Waals surface area contributed by atoms with Gasteiger partial charge < -0.3 is 15.2 Å². The van der Waals surface area contributed by atoms with Gasteiger partial charge in [0.15, 0.2) is 5.96 Å². The van der Waals surface area contributed by atoms with Crippen LogP contribution >= 0.6 is 35.3 Å². The molecule has 3 rings (SSSR count). The maximum atomic E-state index is 4.50. The molecule has 0 bridgehead atoms. The molecular weight excluding hydrogens is 507 g/mol. The number of hydrogen-bond acceptors (Lipinski definition) is 4. The van der Waals surface area contributed by atoms with E-state index in [1.54, 1.807) is 0 Å². The van der Waals surface area contributed by atoms with E-state index in [4.69, 9.17) is 0 Å². The molecule has 0 radical (unpaired) electrons. The van der Waals surface area contributed by atoms with E-state index in [1.165, 1.54) is 30.8 Å². The van der Waals surface area contributed by atoms with Crippen LogP contribution in [0.25, 0.3) is 0 Å². The molecule has 8 heteroatoms. The Balaban J connectivity index is 0.00000320. The van der Waals surface area contributed by atoms with Crippen LogP contribution in [0.4, 0.5) is 0 Å². The monoisotopic (exact) mass is 544 g/mol. The Morgan fingerprint density at radius 1 is 1.30 bits per heavy atom. The summed E-state index contributed by atoms with van der Waals surface area (Å²) in [6.07, 6.45) is 6.50. The first kappa shape index (κ1) is 25.1. The number of rotatable bonds is 8. The third-order valence-corrected chi connectivity index (χ3v) is 6.57. The lowest BCUT2D eigenvalue weighted by Gasteiger charge is -2.36. The second kappa shape index (κ2) is 12.7. The van der Waals surface area contributed by atoms with Crippen molar-refractivity contribution in [2.75, 3.05) is 26.7 Å². The molecule has 3 heterocycles. The Labute approximate surface area is 202 Å². The van der Waals surface area contributed by atoms with E-state index in [0.29, 0.717) is 18.5 Å². The van der Waals surface area contributed by atoms with Crippen LogP contribution in [0.2, 0.25) is 0 Å². The quantitative estimate of drug-likeness (QED) is 0.295. The number of nitrogens with zero attached hydrogens (tertiary/aromatic N) is 4. The molecule has 0 aromatic carbocycles. The predicted molar refractivity (Wildman–Crippen MR) is 138 cm³/mol. The number of guanidine groups is 1. The second-order valence-corrected chi connectivity index (χ2v) is 9.43. The molecule has 6 nitrogen and oxygen atoms in total. The topological polar surface area (TPSA) is 57.5 Å². The Bertz CT molecular complexity index is 750. The molecule has 0 saturated carbocycles. The first-order valence-corrected chi connectivity index (χ1v) is 11.7. The third-order valence-electron chi connectivity index (χ3n) is 5.59. The number of nitrogens with one attached hydrogen (secondary N) is 2. The fourth-order valence-electron chi connectivity index (χ4n) is 3.87. The predicted octanol–water partition coefficient (Wildman–Crippen LogP) is 4.36. The lowest BCUT2D eigenvalue weighted by atomic mass is 9.97. The van der Waals surface area contributed by atoms with E-state index in [1.807, 2.05) is 24.6 Å². The average Bonchev–Trinajstić information content (AvgIpc) is 3.38. The van der Waals surface area contributed by atoms with Crippen molar-refractivity contribution in [3.8, 4) is 0 Å². The highest BCUT2D eigenvalue weighted by Gasteiger charge is 2.25. The molecule has 0 spiro atoms. The van der Waals surface area contributed by atoms with Crippen LogP contribution in [0.1, 0.15) is 50.4 Å². The van der Waals surface area contributed by atoms with Crippen LogP contribution in [-0.2, 0) is 13.1 Å². The lowest BCUT2D eigenvalue weighted by Crippen LogP contribution is -2.45. The van der Waals surface area contributed by atoms with Crippen molar-refractivity contribution in [2.45, 2.75) is 52.7 Å². The minimum absolute atomic E-state index is 0. The van der Waals surface area contributed by atoms with Gasteiger partial charge >= 0.3 is 0 Å². The fourth-order valence-corrected chi connectivity index (χ4v) is 4.74. The number of piperidine rings is 1. The van der Waals surface area contributed by atoms with Crippen molar-refractivity contribution in [1.29, 1.82) is 0 Å². The number of hydrogen-bond donors (Lipinski definition) is 2. The maximum Gasteiger partial charge on any atom is 0.191 e. The van der Waals surface area contributed by atoms with Gasteiger partial charge in [-0.25, -0.2) is 4.98 Å². The lowest BCUT2D eigenvalue weighted by molar-refractivity contribution is 0.140. The van der Waals surface area contributed by atoms with E-state index in [9.17, 15) is 0 Å². The highest BCUT2D eigenvalue weighted by molar-refractivity contribution is 14.0. The summed E-state index contributed by atoms with van der Waals surface area (Å²) in [7, 11) is 1.83. The number of thiophene rings is 1. The van der Waals surface area contributed by atoms with E-state index in [2.05, 4.69) is 74.6 Å². The molecule has 30 heavy (non-hydrogen) atoms. The molecule has 1 atom stereocenters. The molecule has 1 unspecified atom stereocenters. The summed E-state index contributed by atoms with van der Waals surface area (Å²) in [4.78, 5) is 13.0. The summed E-state index contributed by atoms with van der Waals surface area (Å²) < 4.78 is 2.22. The van der Waals surface area contributed by atoms with Gasteiger partial charge in [-0.2, -0.15) is 0 Å². The molecule has 2 aromatic heterocycles. The summed E-state index contributed by atoms with van der Waals surface area (Å²) in [5.41, 5.74) is 0. The number of aromatic nitrogens is 2. The molecule has 1 aliphatic rings. The summed E-state index contributed by atoms with van der Waals surface area (Å²) in [6.45, 7) is 11.7. The highest BCUT2D eigenvalue weighted by atomic mass is 127. The van der Waals surface area contributed by atoms with Gasteiger partial charge in [0.2, 0.25) is 0 Å². The Morgan fingerprint density at radius 3 is 2.70 bits per heavy atom. The van der Waals surface area contributed by atoms with Gasteiger partial charge in [0.1, 0.15) is 5.82 Å². The second-order valence-electron chi connectivity index (χ2n) is 8.45. The molecule has 0 amide bonds. The van der Waals surface area contributed by atoms with Crippen molar-refractivity contribution >= 4 is 41.3 Å². The first-order chi connectivity index (χ1) is 14.1. The first-order valence-electron chi connectivity index (χ1n) is 10.8. The van der Waals surface area contributed by atoms with Gasteiger partial charge in [0, 0.05) is 37.4 Å². The minimum Gasteiger partial charge on any atom is -0.354 e.